The van der Waals surface area contributed by atoms with E-state index in [1.54, 1.807) is 37.5 Å². The summed E-state index contributed by atoms with van der Waals surface area (Å²) >= 11 is 0. The van der Waals surface area contributed by atoms with Crippen LogP contribution in [0.3, 0.4) is 0 Å². The molecule has 236 valence electrons. The standard InChI is InChI=1S/C32H40N4O7S/c1-7-32(43-27(37)10-12-33)24-15-26-28-22(16-36(26)29(38)23(24)17-41-30(32)39)20(11-13-44(4,5)6)21-14-19(8-9-25(21)35-28)34-31(40)42-18(2)3/h8-9,14-15,18H,7,10-13,16-17,33H2,1-6H3,(H,34,40)/t32-/m0/s1. The molecule has 0 spiro atoms. The molecule has 0 fully saturated rings. The Balaban J connectivity index is 1.69. The van der Waals surface area contributed by atoms with Crippen molar-refractivity contribution in [3.8, 4) is 11.4 Å². The van der Waals surface area contributed by atoms with Crippen LogP contribution in [0.1, 0.15) is 55.9 Å². The van der Waals surface area contributed by atoms with Crippen LogP contribution in [0.2, 0.25) is 0 Å². The van der Waals surface area contributed by atoms with Gasteiger partial charge in [0.15, 0.2) is 0 Å². The fourth-order valence-electron chi connectivity index (χ4n) is 5.82. The van der Waals surface area contributed by atoms with Crippen molar-refractivity contribution in [1.29, 1.82) is 0 Å². The number of amides is 1. The number of esters is 2. The summed E-state index contributed by atoms with van der Waals surface area (Å²) in [5, 5.41) is 3.69. The lowest BCUT2D eigenvalue weighted by Crippen LogP contribution is -2.47. The number of anilines is 1. The fourth-order valence-corrected chi connectivity index (χ4v) is 6.63. The van der Waals surface area contributed by atoms with Crippen LogP contribution in [-0.2, 0) is 49.0 Å². The summed E-state index contributed by atoms with van der Waals surface area (Å²) < 4.78 is 18.1. The third-order valence-corrected chi connectivity index (χ3v) is 9.39. The van der Waals surface area contributed by atoms with Gasteiger partial charge in [-0.15, -0.1) is 0 Å². The van der Waals surface area contributed by atoms with Crippen molar-refractivity contribution in [3.05, 3.63) is 56.9 Å². The molecule has 0 saturated heterocycles. The number of ether oxygens (including phenoxy) is 3. The number of nitrogens with zero attached hydrogens (tertiary/aromatic N) is 2. The molecule has 12 heteroatoms. The second kappa shape index (κ2) is 11.9. The number of nitrogens with one attached hydrogen (secondary N) is 1. The number of benzene rings is 1. The number of hydrogen-bond acceptors (Lipinski definition) is 9. The minimum absolute atomic E-state index is 0.0624. The predicted octanol–water partition coefficient (Wildman–Crippen LogP) is 4.17. The highest BCUT2D eigenvalue weighted by Gasteiger charge is 2.50. The van der Waals surface area contributed by atoms with E-state index in [1.807, 2.05) is 12.1 Å². The van der Waals surface area contributed by atoms with Crippen LogP contribution < -0.4 is 16.6 Å². The van der Waals surface area contributed by atoms with Gasteiger partial charge in [-0.3, -0.25) is 14.9 Å². The maximum atomic E-state index is 14.0. The maximum Gasteiger partial charge on any atom is 0.411 e. The molecule has 5 rings (SSSR count). The van der Waals surface area contributed by atoms with Gasteiger partial charge in [-0.05, 0) is 81.0 Å². The third-order valence-electron chi connectivity index (χ3n) is 7.96. The van der Waals surface area contributed by atoms with Crippen molar-refractivity contribution >= 4 is 44.7 Å². The Bertz CT molecular complexity index is 1730. The molecule has 3 N–H and O–H groups in total. The van der Waals surface area contributed by atoms with Crippen LogP contribution in [0.5, 0.6) is 0 Å². The molecule has 0 bridgehead atoms. The Kier molecular flexibility index (Phi) is 8.52. The average molecular weight is 625 g/mol. The van der Waals surface area contributed by atoms with Gasteiger partial charge in [0.05, 0.1) is 41.5 Å². The molecule has 1 aromatic carbocycles. The van der Waals surface area contributed by atoms with E-state index in [0.29, 0.717) is 34.7 Å². The van der Waals surface area contributed by atoms with Crippen LogP contribution >= 0.6 is 10.0 Å². The van der Waals surface area contributed by atoms with Crippen LogP contribution in [0, 0.1) is 0 Å². The minimum Gasteiger partial charge on any atom is -0.457 e. The number of cyclic esters (lactones) is 1. The first-order chi connectivity index (χ1) is 20.8. The first-order valence-corrected chi connectivity index (χ1v) is 17.8. The molecule has 1 amide bonds. The van der Waals surface area contributed by atoms with Crippen molar-refractivity contribution in [1.82, 2.24) is 9.55 Å². The Morgan fingerprint density at radius 2 is 1.93 bits per heavy atom. The molecule has 2 aromatic heterocycles. The first kappa shape index (κ1) is 31.5. The molecule has 4 heterocycles. The van der Waals surface area contributed by atoms with E-state index in [4.69, 9.17) is 24.9 Å². The molecule has 0 radical (unpaired) electrons. The Hall–Kier alpha value is -3.90. The lowest BCUT2D eigenvalue weighted by atomic mass is 9.85. The third kappa shape index (κ3) is 5.80. The molecule has 11 nitrogen and oxygen atoms in total. The highest BCUT2D eigenvalue weighted by atomic mass is 32.3. The van der Waals surface area contributed by atoms with Gasteiger partial charge in [-0.2, -0.15) is 0 Å². The minimum atomic E-state index is -1.75. The molecule has 3 aromatic rings. The van der Waals surface area contributed by atoms with E-state index < -0.39 is 33.7 Å². The summed E-state index contributed by atoms with van der Waals surface area (Å²) in [6, 6.07) is 7.28. The van der Waals surface area contributed by atoms with E-state index in [2.05, 4.69) is 24.1 Å². The summed E-state index contributed by atoms with van der Waals surface area (Å²) in [5.41, 5.74) is 8.56. The van der Waals surface area contributed by atoms with Crippen molar-refractivity contribution in [2.24, 2.45) is 5.73 Å². The second-order valence-corrected chi connectivity index (χ2v) is 16.9. The van der Waals surface area contributed by atoms with Gasteiger partial charge >= 0.3 is 18.0 Å². The number of fused-ring (bicyclic) bond motifs is 5. The zero-order valence-corrected chi connectivity index (χ0v) is 26.9. The molecule has 0 aliphatic carbocycles. The quantitative estimate of drug-likeness (QED) is 0.206. The van der Waals surface area contributed by atoms with Crippen LogP contribution in [0.25, 0.3) is 22.3 Å². The van der Waals surface area contributed by atoms with Crippen LogP contribution in [-0.4, -0.2) is 64.8 Å². The van der Waals surface area contributed by atoms with Gasteiger partial charge in [0, 0.05) is 28.7 Å². The van der Waals surface area contributed by atoms with Gasteiger partial charge in [0.25, 0.3) is 5.56 Å². The summed E-state index contributed by atoms with van der Waals surface area (Å²) in [4.78, 5) is 57.2. The number of pyridine rings is 2. The Morgan fingerprint density at radius 3 is 2.59 bits per heavy atom. The van der Waals surface area contributed by atoms with Crippen molar-refractivity contribution < 1.29 is 28.6 Å². The number of carbonyl (C=O) groups excluding carboxylic acids is 3. The number of aromatic nitrogens is 2. The molecule has 2 aliphatic rings. The summed E-state index contributed by atoms with van der Waals surface area (Å²) in [5.74, 6) is -0.402. The zero-order chi connectivity index (χ0) is 32.0. The number of aryl methyl sites for hydroxylation is 1. The number of rotatable bonds is 9. The highest BCUT2D eigenvalue weighted by Crippen LogP contribution is 2.43. The van der Waals surface area contributed by atoms with Crippen molar-refractivity contribution in [2.45, 2.75) is 64.9 Å². The van der Waals surface area contributed by atoms with Gasteiger partial charge in [0.2, 0.25) is 5.60 Å². The second-order valence-electron chi connectivity index (χ2n) is 12.4. The van der Waals surface area contributed by atoms with Crippen molar-refractivity contribution in [3.63, 3.8) is 0 Å². The van der Waals surface area contributed by atoms with E-state index in [0.717, 1.165) is 28.7 Å². The van der Waals surface area contributed by atoms with E-state index in [1.165, 1.54) is 0 Å². The molecule has 0 unspecified atom stereocenters. The smallest absolute Gasteiger partial charge is 0.411 e. The molecular formula is C32H40N4O7S. The topological polar surface area (TPSA) is 152 Å². The normalized spacial score (nSPS) is 17.5. The van der Waals surface area contributed by atoms with Gasteiger partial charge in [0.1, 0.15) is 6.61 Å². The van der Waals surface area contributed by atoms with Crippen LogP contribution in [0.4, 0.5) is 10.5 Å². The van der Waals surface area contributed by atoms with E-state index in [-0.39, 0.29) is 43.2 Å². The monoisotopic (exact) mass is 624 g/mol. The average Bonchev–Trinajstić information content (AvgIpc) is 3.30. The summed E-state index contributed by atoms with van der Waals surface area (Å²) in [6.45, 7) is 5.43. The largest absolute Gasteiger partial charge is 0.457 e. The molecular weight excluding hydrogens is 584 g/mol. The zero-order valence-electron chi connectivity index (χ0n) is 26.1. The van der Waals surface area contributed by atoms with Crippen LogP contribution in [0.15, 0.2) is 29.1 Å². The Labute approximate surface area is 257 Å². The van der Waals surface area contributed by atoms with Gasteiger partial charge in [-0.1, -0.05) is 6.92 Å². The SMILES string of the molecule is CC[C@@]1(OC(=O)CCN)C(=O)OCc2c1cc1n(c2=O)Cc2c-1nc1ccc(NC(=O)OC(C)C)cc1c2CCS(C)(C)C. The molecule has 1 atom stereocenters. The lowest BCUT2D eigenvalue weighted by molar-refractivity contribution is -0.189. The Morgan fingerprint density at radius 1 is 1.18 bits per heavy atom. The fraction of sp³-hybridized carbons (Fsp3) is 0.469. The molecule has 2 aliphatic heterocycles. The molecule has 44 heavy (non-hydrogen) atoms. The summed E-state index contributed by atoms with van der Waals surface area (Å²) in [6.07, 6.45) is 6.73. The highest BCUT2D eigenvalue weighted by molar-refractivity contribution is 8.32. The lowest BCUT2D eigenvalue weighted by Gasteiger charge is -2.35. The predicted molar refractivity (Wildman–Crippen MR) is 171 cm³/mol. The van der Waals surface area contributed by atoms with Gasteiger partial charge in [-0.25, -0.2) is 24.6 Å². The van der Waals surface area contributed by atoms with Gasteiger partial charge < -0.3 is 24.5 Å². The molecule has 0 saturated carbocycles. The van der Waals surface area contributed by atoms with E-state index in [9.17, 15) is 19.2 Å². The number of carbonyl (C=O) groups is 3. The van der Waals surface area contributed by atoms with E-state index >= 15 is 0 Å². The first-order valence-electron chi connectivity index (χ1n) is 14.7. The number of hydrogen-bond donors (Lipinski definition) is 2. The van der Waals surface area contributed by atoms with Crippen molar-refractivity contribution in [2.75, 3.05) is 36.4 Å². The summed E-state index contributed by atoms with van der Waals surface area (Å²) in [7, 11) is -0.871. The number of nitrogens with two attached hydrogens (primary N) is 1. The maximum absolute atomic E-state index is 14.0.